The van der Waals surface area contributed by atoms with Crippen molar-refractivity contribution in [3.8, 4) is 11.5 Å². The fourth-order valence-corrected chi connectivity index (χ4v) is 4.09. The van der Waals surface area contributed by atoms with Crippen LogP contribution in [0.5, 0.6) is 11.5 Å². The van der Waals surface area contributed by atoms with Gasteiger partial charge in [0, 0.05) is 16.5 Å². The van der Waals surface area contributed by atoms with Crippen LogP contribution < -0.4 is 9.47 Å². The van der Waals surface area contributed by atoms with Crippen LogP contribution in [0.25, 0.3) is 10.2 Å². The quantitative estimate of drug-likeness (QED) is 0.554. The number of para-hydroxylation sites is 1. The summed E-state index contributed by atoms with van der Waals surface area (Å²) in [5.41, 5.74) is 1.82. The van der Waals surface area contributed by atoms with Crippen molar-refractivity contribution in [1.29, 1.82) is 0 Å². The maximum Gasteiger partial charge on any atom is 0.306 e. The van der Waals surface area contributed by atoms with Gasteiger partial charge in [0.15, 0.2) is 11.5 Å². The SMILES string of the molecule is O=C(CCc1nc2ccccc2s1)OCc1cc2c(cc1Br)OCCO2. The third-order valence-corrected chi connectivity index (χ3v) is 5.82. The molecule has 0 aliphatic carbocycles. The van der Waals surface area contributed by atoms with E-state index in [0.29, 0.717) is 37.6 Å². The number of aromatic nitrogens is 1. The lowest BCUT2D eigenvalue weighted by atomic mass is 10.2. The molecule has 1 aliphatic rings. The molecular weight excluding hydrogens is 418 g/mol. The van der Waals surface area contributed by atoms with Crippen LogP contribution in [0.3, 0.4) is 0 Å². The van der Waals surface area contributed by atoms with Crippen LogP contribution in [0.4, 0.5) is 0 Å². The standard InChI is InChI=1S/C19H16BrNO4S/c20-13-10-16-15(23-7-8-24-16)9-12(13)11-25-19(22)6-5-18-21-14-3-1-2-4-17(14)26-18/h1-4,9-10H,5-8,11H2. The highest BCUT2D eigenvalue weighted by molar-refractivity contribution is 9.10. The van der Waals surface area contributed by atoms with Crippen molar-refractivity contribution in [2.45, 2.75) is 19.4 Å². The number of thiazole rings is 1. The molecule has 3 aromatic rings. The van der Waals surface area contributed by atoms with E-state index < -0.39 is 0 Å². The van der Waals surface area contributed by atoms with Gasteiger partial charge in [0.1, 0.15) is 19.8 Å². The molecule has 0 N–H and O–H groups in total. The zero-order valence-electron chi connectivity index (χ0n) is 13.9. The number of esters is 1. The molecule has 1 aliphatic heterocycles. The molecule has 2 aromatic carbocycles. The fraction of sp³-hybridized carbons (Fsp3) is 0.263. The molecule has 0 amide bonds. The summed E-state index contributed by atoms with van der Waals surface area (Å²) in [5.74, 6) is 1.14. The number of aryl methyl sites for hydroxylation is 1. The van der Waals surface area contributed by atoms with Crippen molar-refractivity contribution in [3.63, 3.8) is 0 Å². The lowest BCUT2D eigenvalue weighted by Gasteiger charge is -2.19. The average Bonchev–Trinajstić information content (AvgIpc) is 3.07. The number of benzene rings is 2. The predicted octanol–water partition coefficient (Wildman–Crippen LogP) is 4.51. The van der Waals surface area contributed by atoms with Gasteiger partial charge in [0.25, 0.3) is 0 Å². The molecule has 2 heterocycles. The van der Waals surface area contributed by atoms with E-state index in [-0.39, 0.29) is 12.6 Å². The number of hydrogen-bond acceptors (Lipinski definition) is 6. The molecule has 0 fully saturated rings. The molecule has 0 saturated carbocycles. The van der Waals surface area contributed by atoms with Gasteiger partial charge in [-0.15, -0.1) is 11.3 Å². The molecule has 0 bridgehead atoms. The second-order valence-electron chi connectivity index (χ2n) is 5.82. The summed E-state index contributed by atoms with van der Waals surface area (Å²) in [6.07, 6.45) is 0.891. The Morgan fingerprint density at radius 1 is 1.19 bits per heavy atom. The number of ether oxygens (including phenoxy) is 3. The summed E-state index contributed by atoms with van der Waals surface area (Å²) < 4.78 is 18.5. The monoisotopic (exact) mass is 433 g/mol. The number of nitrogens with zero attached hydrogens (tertiary/aromatic N) is 1. The van der Waals surface area contributed by atoms with Crippen molar-refractivity contribution in [2.75, 3.05) is 13.2 Å². The maximum absolute atomic E-state index is 12.1. The number of carbonyl (C=O) groups excluding carboxylic acids is 1. The van der Waals surface area contributed by atoms with Gasteiger partial charge in [-0.2, -0.15) is 0 Å². The minimum atomic E-state index is -0.244. The van der Waals surface area contributed by atoms with Gasteiger partial charge in [-0.3, -0.25) is 4.79 Å². The molecule has 134 valence electrons. The van der Waals surface area contributed by atoms with Crippen molar-refractivity contribution in [3.05, 3.63) is 51.4 Å². The Morgan fingerprint density at radius 3 is 2.77 bits per heavy atom. The first-order chi connectivity index (χ1) is 12.7. The van der Waals surface area contributed by atoms with Gasteiger partial charge in [0.2, 0.25) is 0 Å². The third kappa shape index (κ3) is 3.83. The van der Waals surface area contributed by atoms with Crippen LogP contribution in [0.15, 0.2) is 40.9 Å². The average molecular weight is 434 g/mol. The molecule has 0 atom stereocenters. The van der Waals surface area contributed by atoms with Crippen molar-refractivity contribution in [1.82, 2.24) is 4.98 Å². The molecule has 0 unspecified atom stereocenters. The number of carbonyl (C=O) groups is 1. The van der Waals surface area contributed by atoms with E-state index in [4.69, 9.17) is 14.2 Å². The fourth-order valence-electron chi connectivity index (χ4n) is 2.68. The Bertz CT molecular complexity index is 923. The highest BCUT2D eigenvalue weighted by Gasteiger charge is 2.16. The van der Waals surface area contributed by atoms with E-state index in [1.807, 2.05) is 36.4 Å². The number of rotatable bonds is 5. The van der Waals surface area contributed by atoms with Crippen LogP contribution in [0, 0.1) is 0 Å². The minimum absolute atomic E-state index is 0.190. The summed E-state index contributed by atoms with van der Waals surface area (Å²) in [7, 11) is 0. The second kappa shape index (κ2) is 7.63. The van der Waals surface area contributed by atoms with Crippen LogP contribution in [0.2, 0.25) is 0 Å². The van der Waals surface area contributed by atoms with E-state index in [0.717, 1.165) is 25.3 Å². The van der Waals surface area contributed by atoms with Gasteiger partial charge in [-0.05, 0) is 24.3 Å². The van der Waals surface area contributed by atoms with Gasteiger partial charge in [-0.25, -0.2) is 4.98 Å². The first-order valence-electron chi connectivity index (χ1n) is 8.27. The highest BCUT2D eigenvalue weighted by atomic mass is 79.9. The van der Waals surface area contributed by atoms with E-state index >= 15 is 0 Å². The predicted molar refractivity (Wildman–Crippen MR) is 103 cm³/mol. The molecule has 0 saturated heterocycles. The molecule has 0 radical (unpaired) electrons. The zero-order valence-corrected chi connectivity index (χ0v) is 16.3. The number of hydrogen-bond donors (Lipinski definition) is 0. The normalized spacial score (nSPS) is 13.0. The molecule has 1 aromatic heterocycles. The minimum Gasteiger partial charge on any atom is -0.486 e. The molecule has 4 rings (SSSR count). The molecule has 26 heavy (non-hydrogen) atoms. The Hall–Kier alpha value is -2.12. The van der Waals surface area contributed by atoms with Crippen molar-refractivity contribution in [2.24, 2.45) is 0 Å². The van der Waals surface area contributed by atoms with Gasteiger partial charge in [0.05, 0.1) is 21.6 Å². The van der Waals surface area contributed by atoms with Crippen LogP contribution >= 0.6 is 27.3 Å². The van der Waals surface area contributed by atoms with Crippen molar-refractivity contribution < 1.29 is 19.0 Å². The Kier molecular flexibility index (Phi) is 5.08. The number of halogens is 1. The Morgan fingerprint density at radius 2 is 1.96 bits per heavy atom. The summed E-state index contributed by atoms with van der Waals surface area (Å²) >= 11 is 5.10. The van der Waals surface area contributed by atoms with E-state index in [1.165, 1.54) is 0 Å². The lowest BCUT2D eigenvalue weighted by molar-refractivity contribution is -0.144. The third-order valence-electron chi connectivity index (χ3n) is 3.98. The van der Waals surface area contributed by atoms with Gasteiger partial charge >= 0.3 is 5.97 Å². The summed E-state index contributed by atoms with van der Waals surface area (Å²) in [6, 6.07) is 11.7. The summed E-state index contributed by atoms with van der Waals surface area (Å²) in [5, 5.41) is 0.948. The van der Waals surface area contributed by atoms with Crippen molar-refractivity contribution >= 4 is 43.5 Å². The largest absolute Gasteiger partial charge is 0.486 e. The van der Waals surface area contributed by atoms with E-state index in [9.17, 15) is 4.79 Å². The van der Waals surface area contributed by atoms with Crippen LogP contribution in [0.1, 0.15) is 17.0 Å². The second-order valence-corrected chi connectivity index (χ2v) is 7.79. The van der Waals surface area contributed by atoms with Gasteiger partial charge < -0.3 is 14.2 Å². The first-order valence-corrected chi connectivity index (χ1v) is 9.88. The summed E-state index contributed by atoms with van der Waals surface area (Å²) in [6.45, 7) is 1.26. The number of fused-ring (bicyclic) bond motifs is 2. The summed E-state index contributed by atoms with van der Waals surface area (Å²) in [4.78, 5) is 16.6. The first kappa shape index (κ1) is 17.3. The Labute approximate surface area is 163 Å². The van der Waals surface area contributed by atoms with Crippen LogP contribution in [-0.2, 0) is 22.6 Å². The molecule has 7 heteroatoms. The smallest absolute Gasteiger partial charge is 0.306 e. The maximum atomic E-state index is 12.1. The lowest BCUT2D eigenvalue weighted by Crippen LogP contribution is -2.15. The highest BCUT2D eigenvalue weighted by Crippen LogP contribution is 2.35. The van der Waals surface area contributed by atoms with E-state index in [1.54, 1.807) is 11.3 Å². The molecule has 5 nitrogen and oxygen atoms in total. The van der Waals surface area contributed by atoms with Crippen LogP contribution in [-0.4, -0.2) is 24.2 Å². The topological polar surface area (TPSA) is 57.7 Å². The Balaban J connectivity index is 1.34. The molecule has 0 spiro atoms. The molecular formula is C19H16BrNO4S. The van der Waals surface area contributed by atoms with Gasteiger partial charge in [-0.1, -0.05) is 28.1 Å². The zero-order chi connectivity index (χ0) is 17.9. The van der Waals surface area contributed by atoms with E-state index in [2.05, 4.69) is 20.9 Å².